The van der Waals surface area contributed by atoms with E-state index in [4.69, 9.17) is 0 Å². The van der Waals surface area contributed by atoms with Crippen molar-refractivity contribution in [3.8, 4) is 0 Å². The van der Waals surface area contributed by atoms with Crippen molar-refractivity contribution in [3.05, 3.63) is 35.9 Å². The highest BCUT2D eigenvalue weighted by atomic mass is 32.2. The standard InChI is InChI=1S/C17H26N2S/c1-14-17(8-5-11-20-14)18-16-9-10-19(13-16)12-15-6-3-2-4-7-15/h2-4,6-7,14,16-18H,5,8-13H2,1H3. The van der Waals surface area contributed by atoms with Gasteiger partial charge in [-0.15, -0.1) is 0 Å². The largest absolute Gasteiger partial charge is 0.309 e. The molecule has 2 heterocycles. The van der Waals surface area contributed by atoms with Crippen molar-refractivity contribution >= 4 is 11.8 Å². The van der Waals surface area contributed by atoms with Crippen LogP contribution >= 0.6 is 11.8 Å². The molecule has 3 atom stereocenters. The first kappa shape index (κ1) is 14.4. The summed E-state index contributed by atoms with van der Waals surface area (Å²) < 4.78 is 0. The van der Waals surface area contributed by atoms with Crippen molar-refractivity contribution in [2.75, 3.05) is 18.8 Å². The molecular weight excluding hydrogens is 264 g/mol. The number of rotatable bonds is 4. The number of benzene rings is 1. The van der Waals surface area contributed by atoms with Crippen LogP contribution in [0.2, 0.25) is 0 Å². The van der Waals surface area contributed by atoms with Crippen LogP contribution in [-0.2, 0) is 6.54 Å². The molecule has 0 spiro atoms. The molecule has 0 amide bonds. The molecule has 2 fully saturated rings. The van der Waals surface area contributed by atoms with E-state index in [1.54, 1.807) is 0 Å². The summed E-state index contributed by atoms with van der Waals surface area (Å²) in [5, 5.41) is 4.71. The molecule has 0 aliphatic carbocycles. The van der Waals surface area contributed by atoms with Crippen molar-refractivity contribution < 1.29 is 0 Å². The fourth-order valence-electron chi connectivity index (χ4n) is 3.40. The number of hydrogen-bond donors (Lipinski definition) is 1. The minimum absolute atomic E-state index is 0.699. The maximum Gasteiger partial charge on any atom is 0.0234 e. The molecule has 0 radical (unpaired) electrons. The second kappa shape index (κ2) is 6.97. The summed E-state index contributed by atoms with van der Waals surface area (Å²) in [6.45, 7) is 5.94. The van der Waals surface area contributed by atoms with Crippen LogP contribution in [0.5, 0.6) is 0 Å². The summed E-state index contributed by atoms with van der Waals surface area (Å²) in [7, 11) is 0. The predicted molar refractivity (Wildman–Crippen MR) is 88.2 cm³/mol. The van der Waals surface area contributed by atoms with E-state index in [-0.39, 0.29) is 0 Å². The van der Waals surface area contributed by atoms with E-state index in [1.165, 1.54) is 43.7 Å². The minimum Gasteiger partial charge on any atom is -0.309 e. The lowest BCUT2D eigenvalue weighted by molar-refractivity contribution is 0.311. The molecule has 20 heavy (non-hydrogen) atoms. The SMILES string of the molecule is CC1SCCCC1NC1CCN(Cc2ccccc2)C1. The summed E-state index contributed by atoms with van der Waals surface area (Å²) >= 11 is 2.14. The summed E-state index contributed by atoms with van der Waals surface area (Å²) in [6, 6.07) is 12.3. The van der Waals surface area contributed by atoms with Crippen molar-refractivity contribution in [2.45, 2.75) is 50.1 Å². The van der Waals surface area contributed by atoms with E-state index in [1.807, 2.05) is 0 Å². The van der Waals surface area contributed by atoms with Gasteiger partial charge in [0.05, 0.1) is 0 Å². The van der Waals surface area contributed by atoms with E-state index in [0.29, 0.717) is 6.04 Å². The Kier molecular flexibility index (Phi) is 5.03. The van der Waals surface area contributed by atoms with Crippen molar-refractivity contribution in [3.63, 3.8) is 0 Å². The zero-order valence-electron chi connectivity index (χ0n) is 12.4. The molecule has 1 N–H and O–H groups in total. The maximum absolute atomic E-state index is 3.92. The third-order valence-corrected chi connectivity index (χ3v) is 5.96. The summed E-state index contributed by atoms with van der Waals surface area (Å²) in [5.41, 5.74) is 1.44. The molecule has 1 aromatic carbocycles. The third kappa shape index (κ3) is 3.78. The number of likely N-dealkylation sites (tertiary alicyclic amines) is 1. The first-order valence-corrected chi connectivity index (χ1v) is 9.00. The summed E-state index contributed by atoms with van der Waals surface area (Å²) in [5.74, 6) is 1.35. The highest BCUT2D eigenvalue weighted by Crippen LogP contribution is 2.26. The Morgan fingerprint density at radius 3 is 2.90 bits per heavy atom. The van der Waals surface area contributed by atoms with Crippen LogP contribution in [0.4, 0.5) is 0 Å². The van der Waals surface area contributed by atoms with Crippen LogP contribution in [0, 0.1) is 0 Å². The number of nitrogens with zero attached hydrogens (tertiary/aromatic N) is 1. The van der Waals surface area contributed by atoms with E-state index >= 15 is 0 Å². The fourth-order valence-corrected chi connectivity index (χ4v) is 4.55. The molecular formula is C17H26N2S. The smallest absolute Gasteiger partial charge is 0.0234 e. The summed E-state index contributed by atoms with van der Waals surface area (Å²) in [4.78, 5) is 2.59. The Balaban J connectivity index is 1.47. The third-order valence-electron chi connectivity index (χ3n) is 4.58. The van der Waals surface area contributed by atoms with Gasteiger partial charge in [0, 0.05) is 37.0 Å². The van der Waals surface area contributed by atoms with Gasteiger partial charge in [-0.3, -0.25) is 4.90 Å². The normalized spacial score (nSPS) is 31.6. The molecule has 2 aliphatic heterocycles. The van der Waals surface area contributed by atoms with Gasteiger partial charge in [0.1, 0.15) is 0 Å². The number of thioether (sulfide) groups is 1. The average Bonchev–Trinajstić information content (AvgIpc) is 2.90. The fraction of sp³-hybridized carbons (Fsp3) is 0.647. The predicted octanol–water partition coefficient (Wildman–Crippen LogP) is 3.13. The van der Waals surface area contributed by atoms with Crippen LogP contribution in [0.3, 0.4) is 0 Å². The van der Waals surface area contributed by atoms with Crippen molar-refractivity contribution in [2.24, 2.45) is 0 Å². The van der Waals surface area contributed by atoms with Gasteiger partial charge in [0.2, 0.25) is 0 Å². The first-order valence-electron chi connectivity index (χ1n) is 7.95. The highest BCUT2D eigenvalue weighted by Gasteiger charge is 2.28. The number of hydrogen-bond acceptors (Lipinski definition) is 3. The van der Waals surface area contributed by atoms with Crippen LogP contribution in [0.1, 0.15) is 31.7 Å². The van der Waals surface area contributed by atoms with E-state index in [0.717, 1.165) is 17.8 Å². The molecule has 3 heteroatoms. The zero-order chi connectivity index (χ0) is 13.8. The van der Waals surface area contributed by atoms with Gasteiger partial charge in [-0.1, -0.05) is 37.3 Å². The topological polar surface area (TPSA) is 15.3 Å². The first-order chi connectivity index (χ1) is 9.81. The Labute approximate surface area is 127 Å². The second-order valence-electron chi connectivity index (χ2n) is 6.20. The Bertz CT molecular complexity index is 409. The van der Waals surface area contributed by atoms with E-state index in [9.17, 15) is 0 Å². The van der Waals surface area contributed by atoms with Gasteiger partial charge in [-0.25, -0.2) is 0 Å². The monoisotopic (exact) mass is 290 g/mol. The zero-order valence-corrected chi connectivity index (χ0v) is 13.2. The van der Waals surface area contributed by atoms with Crippen molar-refractivity contribution in [1.82, 2.24) is 10.2 Å². The highest BCUT2D eigenvalue weighted by molar-refractivity contribution is 7.99. The molecule has 110 valence electrons. The molecule has 0 aromatic heterocycles. The molecule has 2 nitrogen and oxygen atoms in total. The molecule has 3 rings (SSSR count). The maximum atomic E-state index is 3.92. The molecule has 1 aromatic rings. The van der Waals surface area contributed by atoms with E-state index < -0.39 is 0 Å². The Morgan fingerprint density at radius 2 is 2.10 bits per heavy atom. The van der Waals surface area contributed by atoms with Crippen LogP contribution in [0.15, 0.2) is 30.3 Å². The van der Waals surface area contributed by atoms with Crippen LogP contribution in [-0.4, -0.2) is 41.1 Å². The van der Waals surface area contributed by atoms with Gasteiger partial charge >= 0.3 is 0 Å². The lowest BCUT2D eigenvalue weighted by atomic mass is 10.1. The lowest BCUT2D eigenvalue weighted by Gasteiger charge is -2.31. The van der Waals surface area contributed by atoms with Crippen LogP contribution < -0.4 is 5.32 Å². The minimum atomic E-state index is 0.699. The Morgan fingerprint density at radius 1 is 1.25 bits per heavy atom. The molecule has 3 unspecified atom stereocenters. The molecule has 2 saturated heterocycles. The second-order valence-corrected chi connectivity index (χ2v) is 7.68. The average molecular weight is 290 g/mol. The van der Waals surface area contributed by atoms with Crippen LogP contribution in [0.25, 0.3) is 0 Å². The molecule has 0 saturated carbocycles. The van der Waals surface area contributed by atoms with Gasteiger partial charge in [-0.05, 0) is 30.6 Å². The van der Waals surface area contributed by atoms with Gasteiger partial charge in [-0.2, -0.15) is 11.8 Å². The van der Waals surface area contributed by atoms with Gasteiger partial charge in [0.25, 0.3) is 0 Å². The number of nitrogens with one attached hydrogen (secondary N) is 1. The molecule has 0 bridgehead atoms. The van der Waals surface area contributed by atoms with E-state index in [2.05, 4.69) is 59.2 Å². The van der Waals surface area contributed by atoms with Gasteiger partial charge in [0.15, 0.2) is 0 Å². The van der Waals surface area contributed by atoms with Crippen molar-refractivity contribution in [1.29, 1.82) is 0 Å². The Hall–Kier alpha value is -0.510. The molecule has 2 aliphatic rings. The van der Waals surface area contributed by atoms with Gasteiger partial charge < -0.3 is 5.32 Å². The quantitative estimate of drug-likeness (QED) is 0.917. The summed E-state index contributed by atoms with van der Waals surface area (Å²) in [6.07, 6.45) is 4.05. The lowest BCUT2D eigenvalue weighted by Crippen LogP contribution is -2.46.